The Morgan fingerprint density at radius 2 is 1.96 bits per heavy atom. The molecule has 0 amide bonds. The van der Waals surface area contributed by atoms with Crippen molar-refractivity contribution < 1.29 is 4.42 Å². The number of anilines is 1. The molecule has 0 atom stereocenters. The Hall–Kier alpha value is -2.25. The zero-order valence-electron chi connectivity index (χ0n) is 16.1. The number of hydrogen-bond acceptors (Lipinski definition) is 7. The van der Waals surface area contributed by atoms with Crippen molar-refractivity contribution in [1.82, 2.24) is 19.9 Å². The first-order valence-electron chi connectivity index (χ1n) is 9.39. The molecule has 4 rings (SSSR count). The molecular weight excluding hydrogens is 358 g/mol. The highest BCUT2D eigenvalue weighted by molar-refractivity contribution is 7.13. The van der Waals surface area contributed by atoms with Crippen molar-refractivity contribution >= 4 is 17.2 Å². The highest BCUT2D eigenvalue weighted by Crippen LogP contribution is 2.24. The Balaban J connectivity index is 1.37. The van der Waals surface area contributed by atoms with Gasteiger partial charge in [0.25, 0.3) is 0 Å². The maximum absolute atomic E-state index is 5.64. The van der Waals surface area contributed by atoms with Crippen LogP contribution < -0.4 is 4.90 Å². The second-order valence-electron chi connectivity index (χ2n) is 7.26. The molecule has 0 bridgehead atoms. The van der Waals surface area contributed by atoms with Crippen molar-refractivity contribution in [1.29, 1.82) is 0 Å². The fourth-order valence-corrected chi connectivity index (χ4v) is 3.91. The largest absolute Gasteiger partial charge is 0.444 e. The van der Waals surface area contributed by atoms with Gasteiger partial charge in [0.15, 0.2) is 0 Å². The number of nitrogens with zero attached hydrogens (tertiary/aromatic N) is 5. The van der Waals surface area contributed by atoms with Crippen LogP contribution in [0, 0.1) is 6.92 Å². The molecule has 3 aromatic rings. The molecule has 0 aliphatic carbocycles. The Kier molecular flexibility index (Phi) is 5.22. The van der Waals surface area contributed by atoms with Crippen LogP contribution in [0.25, 0.3) is 10.8 Å². The Labute approximate surface area is 163 Å². The summed E-state index contributed by atoms with van der Waals surface area (Å²) in [4.78, 5) is 19.8. The number of aromatic nitrogens is 3. The molecule has 27 heavy (non-hydrogen) atoms. The topological polar surface area (TPSA) is 58.3 Å². The summed E-state index contributed by atoms with van der Waals surface area (Å²) >= 11 is 1.65. The highest BCUT2D eigenvalue weighted by atomic mass is 32.1. The van der Waals surface area contributed by atoms with E-state index in [1.807, 2.05) is 24.4 Å². The molecule has 3 aromatic heterocycles. The van der Waals surface area contributed by atoms with Gasteiger partial charge >= 0.3 is 0 Å². The van der Waals surface area contributed by atoms with Crippen LogP contribution in [0.2, 0.25) is 0 Å². The average molecular weight is 384 g/mol. The normalized spacial score (nSPS) is 15.6. The molecule has 0 saturated carbocycles. The van der Waals surface area contributed by atoms with Gasteiger partial charge in [0, 0.05) is 50.4 Å². The predicted molar refractivity (Wildman–Crippen MR) is 108 cm³/mol. The number of aryl methyl sites for hydroxylation is 1. The van der Waals surface area contributed by atoms with Crippen molar-refractivity contribution in [3.8, 4) is 10.8 Å². The maximum atomic E-state index is 5.64. The lowest BCUT2D eigenvalue weighted by Gasteiger charge is -2.35. The van der Waals surface area contributed by atoms with Gasteiger partial charge in [-0.25, -0.2) is 15.0 Å². The summed E-state index contributed by atoms with van der Waals surface area (Å²) in [7, 11) is 0. The van der Waals surface area contributed by atoms with Crippen LogP contribution in [0.15, 0.2) is 34.3 Å². The molecular formula is C20H25N5OS. The summed E-state index contributed by atoms with van der Waals surface area (Å²) in [6.07, 6.45) is 1.78. The van der Waals surface area contributed by atoms with Crippen LogP contribution in [0.5, 0.6) is 0 Å². The molecule has 1 saturated heterocycles. The molecule has 0 radical (unpaired) electrons. The summed E-state index contributed by atoms with van der Waals surface area (Å²) in [5, 5.41) is 2.04. The SMILES string of the molecule is Cc1cc(N2CCN(Cc3coc(-c4cccs4)n3)CC2)nc(C(C)C)n1. The van der Waals surface area contributed by atoms with E-state index in [2.05, 4.69) is 39.7 Å². The van der Waals surface area contributed by atoms with E-state index in [4.69, 9.17) is 9.40 Å². The van der Waals surface area contributed by atoms with Crippen molar-refractivity contribution in [3.63, 3.8) is 0 Å². The summed E-state index contributed by atoms with van der Waals surface area (Å²) in [6.45, 7) is 11.0. The van der Waals surface area contributed by atoms with Gasteiger partial charge in [-0.05, 0) is 18.4 Å². The number of thiophene rings is 1. The number of hydrogen-bond donors (Lipinski definition) is 0. The van der Waals surface area contributed by atoms with Crippen LogP contribution in [0.1, 0.15) is 37.0 Å². The zero-order valence-corrected chi connectivity index (χ0v) is 16.9. The fraction of sp³-hybridized carbons (Fsp3) is 0.450. The van der Waals surface area contributed by atoms with E-state index in [1.165, 1.54) is 0 Å². The van der Waals surface area contributed by atoms with E-state index in [0.717, 1.165) is 66.5 Å². The molecule has 0 spiro atoms. The first-order valence-corrected chi connectivity index (χ1v) is 10.3. The van der Waals surface area contributed by atoms with Gasteiger partial charge in [-0.3, -0.25) is 4.90 Å². The third-order valence-electron chi connectivity index (χ3n) is 4.74. The standard InChI is InChI=1S/C20H25N5OS/c1-14(2)19-21-15(3)11-18(23-19)25-8-6-24(7-9-25)12-16-13-26-20(22-16)17-5-4-10-27-17/h4-5,10-11,13-14H,6-9,12H2,1-3H3. The van der Waals surface area contributed by atoms with E-state index in [0.29, 0.717) is 5.92 Å². The molecule has 142 valence electrons. The minimum absolute atomic E-state index is 0.342. The molecule has 0 aromatic carbocycles. The van der Waals surface area contributed by atoms with Gasteiger partial charge in [0.2, 0.25) is 5.89 Å². The van der Waals surface area contributed by atoms with E-state index < -0.39 is 0 Å². The van der Waals surface area contributed by atoms with Gasteiger partial charge in [0.1, 0.15) is 17.9 Å². The molecule has 7 heteroatoms. The van der Waals surface area contributed by atoms with Gasteiger partial charge < -0.3 is 9.32 Å². The first-order chi connectivity index (χ1) is 13.1. The van der Waals surface area contributed by atoms with Crippen molar-refractivity contribution in [2.45, 2.75) is 33.2 Å². The van der Waals surface area contributed by atoms with E-state index in [-0.39, 0.29) is 0 Å². The van der Waals surface area contributed by atoms with Gasteiger partial charge in [-0.1, -0.05) is 19.9 Å². The molecule has 0 N–H and O–H groups in total. The Morgan fingerprint density at radius 1 is 1.15 bits per heavy atom. The monoisotopic (exact) mass is 383 g/mol. The van der Waals surface area contributed by atoms with Gasteiger partial charge in [0.05, 0.1) is 10.6 Å². The summed E-state index contributed by atoms with van der Waals surface area (Å²) in [5.74, 6) is 3.04. The molecule has 1 aliphatic rings. The third-order valence-corrected chi connectivity index (χ3v) is 5.60. The first kappa shape index (κ1) is 18.1. The third kappa shape index (κ3) is 4.20. The van der Waals surface area contributed by atoms with Crippen LogP contribution in [-0.4, -0.2) is 46.0 Å². The minimum atomic E-state index is 0.342. The van der Waals surface area contributed by atoms with Crippen molar-refractivity contribution in [3.05, 3.63) is 47.1 Å². The van der Waals surface area contributed by atoms with Crippen molar-refractivity contribution in [2.75, 3.05) is 31.1 Å². The second-order valence-corrected chi connectivity index (χ2v) is 8.21. The van der Waals surface area contributed by atoms with E-state index >= 15 is 0 Å². The molecule has 6 nitrogen and oxygen atoms in total. The minimum Gasteiger partial charge on any atom is -0.444 e. The van der Waals surface area contributed by atoms with E-state index in [1.54, 1.807) is 17.6 Å². The van der Waals surface area contributed by atoms with Crippen LogP contribution >= 0.6 is 11.3 Å². The molecule has 1 fully saturated rings. The summed E-state index contributed by atoms with van der Waals surface area (Å²) in [5.41, 5.74) is 2.03. The lowest BCUT2D eigenvalue weighted by molar-refractivity contribution is 0.246. The van der Waals surface area contributed by atoms with Crippen LogP contribution in [0.4, 0.5) is 5.82 Å². The van der Waals surface area contributed by atoms with Crippen LogP contribution in [-0.2, 0) is 6.54 Å². The fourth-order valence-electron chi connectivity index (χ4n) is 3.25. The average Bonchev–Trinajstić information content (AvgIpc) is 3.33. The predicted octanol–water partition coefficient (Wildman–Crippen LogP) is 3.95. The zero-order chi connectivity index (χ0) is 18.8. The smallest absolute Gasteiger partial charge is 0.236 e. The van der Waals surface area contributed by atoms with Gasteiger partial charge in [-0.2, -0.15) is 0 Å². The lowest BCUT2D eigenvalue weighted by Crippen LogP contribution is -2.46. The molecule has 1 aliphatic heterocycles. The van der Waals surface area contributed by atoms with Gasteiger partial charge in [-0.15, -0.1) is 11.3 Å². The van der Waals surface area contributed by atoms with Crippen molar-refractivity contribution in [2.24, 2.45) is 0 Å². The molecule has 0 unspecified atom stereocenters. The van der Waals surface area contributed by atoms with Crippen LogP contribution in [0.3, 0.4) is 0 Å². The Bertz CT molecular complexity index is 882. The second kappa shape index (κ2) is 7.78. The van der Waals surface area contributed by atoms with E-state index in [9.17, 15) is 0 Å². The quantitative estimate of drug-likeness (QED) is 0.665. The number of piperazine rings is 1. The molecule has 4 heterocycles. The summed E-state index contributed by atoms with van der Waals surface area (Å²) in [6, 6.07) is 6.14. The Morgan fingerprint density at radius 3 is 2.67 bits per heavy atom. The number of oxazole rings is 1. The highest BCUT2D eigenvalue weighted by Gasteiger charge is 2.20. The summed E-state index contributed by atoms with van der Waals surface area (Å²) < 4.78 is 5.64. The number of rotatable bonds is 5. The maximum Gasteiger partial charge on any atom is 0.236 e. The lowest BCUT2D eigenvalue weighted by atomic mass is 10.2.